The van der Waals surface area contributed by atoms with Gasteiger partial charge in [-0.3, -0.25) is 14.9 Å². The number of amides is 1. The number of carbonyl (C=O) groups is 1. The number of nitrogens with zero attached hydrogens (tertiary/aromatic N) is 1. The smallest absolute Gasteiger partial charge is 0.292 e. The van der Waals surface area contributed by atoms with Gasteiger partial charge in [0.2, 0.25) is 5.91 Å². The summed E-state index contributed by atoms with van der Waals surface area (Å²) in [6.07, 6.45) is 0. The Morgan fingerprint density at radius 3 is 2.76 bits per heavy atom. The number of hydrogen-bond donors (Lipinski definition) is 3. The van der Waals surface area contributed by atoms with E-state index in [-0.39, 0.29) is 37.0 Å². The van der Waals surface area contributed by atoms with Crippen molar-refractivity contribution in [1.82, 2.24) is 5.32 Å². The van der Waals surface area contributed by atoms with Crippen LogP contribution in [-0.4, -0.2) is 35.6 Å². The summed E-state index contributed by atoms with van der Waals surface area (Å²) in [5.41, 5.74) is 0.208. The lowest BCUT2D eigenvalue weighted by atomic mass is 10.2. The predicted molar refractivity (Wildman–Crippen MR) is 61.7 cm³/mol. The number of rotatable bonds is 6. The number of anilines is 1. The van der Waals surface area contributed by atoms with Crippen LogP contribution in [0.5, 0.6) is 0 Å². The fourth-order valence-corrected chi connectivity index (χ4v) is 1.22. The van der Waals surface area contributed by atoms with Crippen molar-refractivity contribution in [2.24, 2.45) is 0 Å². The van der Waals surface area contributed by atoms with Gasteiger partial charge >= 0.3 is 0 Å². The molecule has 0 aliphatic heterocycles. The van der Waals surface area contributed by atoms with Gasteiger partial charge < -0.3 is 15.7 Å². The second kappa shape index (κ2) is 6.44. The molecule has 0 heterocycles. The summed E-state index contributed by atoms with van der Waals surface area (Å²) in [5, 5.41) is 24.3. The number of nitro groups is 1. The summed E-state index contributed by atoms with van der Waals surface area (Å²) in [6.45, 7) is -0.0561. The van der Waals surface area contributed by atoms with E-state index in [1.54, 1.807) is 12.1 Å². The van der Waals surface area contributed by atoms with E-state index in [1.807, 2.05) is 0 Å². The lowest BCUT2D eigenvalue weighted by Gasteiger charge is -2.06. The first-order chi connectivity index (χ1) is 8.15. The topological polar surface area (TPSA) is 104 Å². The normalized spacial score (nSPS) is 9.71. The van der Waals surface area contributed by atoms with Crippen LogP contribution < -0.4 is 10.6 Å². The molecule has 0 aliphatic carbocycles. The fourth-order valence-electron chi connectivity index (χ4n) is 1.22. The molecule has 0 atom stereocenters. The third-order valence-corrected chi connectivity index (χ3v) is 1.97. The highest BCUT2D eigenvalue weighted by atomic mass is 16.6. The van der Waals surface area contributed by atoms with Crippen molar-refractivity contribution in [3.63, 3.8) is 0 Å². The lowest BCUT2D eigenvalue weighted by molar-refractivity contribution is -0.383. The van der Waals surface area contributed by atoms with Gasteiger partial charge in [0, 0.05) is 12.6 Å². The minimum absolute atomic E-state index is 0.0785. The van der Waals surface area contributed by atoms with Crippen LogP contribution in [0.4, 0.5) is 11.4 Å². The molecule has 17 heavy (non-hydrogen) atoms. The van der Waals surface area contributed by atoms with Gasteiger partial charge in [0.25, 0.3) is 5.69 Å². The maximum Gasteiger partial charge on any atom is 0.292 e. The molecule has 0 bridgehead atoms. The van der Waals surface area contributed by atoms with Crippen LogP contribution in [0.15, 0.2) is 24.3 Å². The quantitative estimate of drug-likeness (QED) is 0.483. The van der Waals surface area contributed by atoms with E-state index in [0.29, 0.717) is 0 Å². The van der Waals surface area contributed by atoms with Gasteiger partial charge in [0.05, 0.1) is 18.1 Å². The predicted octanol–water partition coefficient (Wildman–Crippen LogP) is 0.115. The standard InChI is InChI=1S/C10H13N3O4/c14-6-5-11-10(15)7-12-8-3-1-2-4-9(8)13(16)17/h1-4,12,14H,5-7H2,(H,11,15). The zero-order chi connectivity index (χ0) is 12.7. The minimum Gasteiger partial charge on any atom is -0.395 e. The number of benzene rings is 1. The van der Waals surface area contributed by atoms with Crippen molar-refractivity contribution in [3.05, 3.63) is 34.4 Å². The molecule has 3 N–H and O–H groups in total. The number of nitro benzene ring substituents is 1. The highest BCUT2D eigenvalue weighted by Crippen LogP contribution is 2.22. The van der Waals surface area contributed by atoms with Crippen LogP contribution in [0.2, 0.25) is 0 Å². The largest absolute Gasteiger partial charge is 0.395 e. The summed E-state index contributed by atoms with van der Waals surface area (Å²) in [6, 6.07) is 6.07. The average molecular weight is 239 g/mol. The Morgan fingerprint density at radius 1 is 1.41 bits per heavy atom. The molecule has 1 rings (SSSR count). The van der Waals surface area contributed by atoms with Gasteiger partial charge in [0.15, 0.2) is 0 Å². The number of aliphatic hydroxyl groups is 1. The van der Waals surface area contributed by atoms with Crippen molar-refractivity contribution in [1.29, 1.82) is 0 Å². The molecular formula is C10H13N3O4. The van der Waals surface area contributed by atoms with Crippen molar-refractivity contribution in [2.75, 3.05) is 25.0 Å². The van der Waals surface area contributed by atoms with Gasteiger partial charge in [-0.15, -0.1) is 0 Å². The molecule has 0 aromatic heterocycles. The molecule has 7 heteroatoms. The molecule has 7 nitrogen and oxygen atoms in total. The summed E-state index contributed by atoms with van der Waals surface area (Å²) in [5.74, 6) is -0.336. The molecule has 1 amide bonds. The number of nitrogens with one attached hydrogen (secondary N) is 2. The second-order valence-electron chi connectivity index (χ2n) is 3.20. The summed E-state index contributed by atoms with van der Waals surface area (Å²) < 4.78 is 0. The van der Waals surface area contributed by atoms with Crippen molar-refractivity contribution >= 4 is 17.3 Å². The summed E-state index contributed by atoms with van der Waals surface area (Å²) in [7, 11) is 0. The SMILES string of the molecule is O=C(CNc1ccccc1[N+](=O)[O-])NCCO. The summed E-state index contributed by atoms with van der Waals surface area (Å²) >= 11 is 0. The monoisotopic (exact) mass is 239 g/mol. The molecular weight excluding hydrogens is 226 g/mol. The Hall–Kier alpha value is -2.15. The lowest BCUT2D eigenvalue weighted by Crippen LogP contribution is -2.32. The van der Waals surface area contributed by atoms with Crippen LogP contribution in [0, 0.1) is 10.1 Å². The van der Waals surface area contributed by atoms with Gasteiger partial charge in [-0.25, -0.2) is 0 Å². The molecule has 92 valence electrons. The molecule has 1 aromatic rings. The van der Waals surface area contributed by atoms with E-state index in [0.717, 1.165) is 0 Å². The molecule has 0 spiro atoms. The van der Waals surface area contributed by atoms with Gasteiger partial charge in [0.1, 0.15) is 5.69 Å². The first-order valence-electron chi connectivity index (χ1n) is 5.00. The van der Waals surface area contributed by atoms with E-state index < -0.39 is 4.92 Å². The molecule has 0 aliphatic rings. The van der Waals surface area contributed by atoms with Crippen LogP contribution in [0.1, 0.15) is 0 Å². The van der Waals surface area contributed by atoms with Gasteiger partial charge in [-0.2, -0.15) is 0 Å². The summed E-state index contributed by atoms with van der Waals surface area (Å²) in [4.78, 5) is 21.4. The van der Waals surface area contributed by atoms with E-state index in [1.165, 1.54) is 12.1 Å². The van der Waals surface area contributed by atoms with Crippen LogP contribution in [-0.2, 0) is 4.79 Å². The zero-order valence-corrected chi connectivity index (χ0v) is 9.05. The van der Waals surface area contributed by atoms with Gasteiger partial charge in [-0.05, 0) is 6.07 Å². The Balaban J connectivity index is 2.57. The first kappa shape index (κ1) is 12.9. The molecule has 0 radical (unpaired) electrons. The first-order valence-corrected chi connectivity index (χ1v) is 5.00. The Bertz CT molecular complexity index is 408. The Morgan fingerprint density at radius 2 is 2.12 bits per heavy atom. The van der Waals surface area contributed by atoms with Crippen LogP contribution in [0.25, 0.3) is 0 Å². The van der Waals surface area contributed by atoms with E-state index in [2.05, 4.69) is 10.6 Å². The highest BCUT2D eigenvalue weighted by molar-refractivity contribution is 5.81. The minimum atomic E-state index is -0.520. The number of hydrogen-bond acceptors (Lipinski definition) is 5. The van der Waals surface area contributed by atoms with Crippen molar-refractivity contribution in [3.8, 4) is 0 Å². The fraction of sp³-hybridized carbons (Fsp3) is 0.300. The van der Waals surface area contributed by atoms with Crippen molar-refractivity contribution < 1.29 is 14.8 Å². The average Bonchev–Trinajstić information content (AvgIpc) is 2.34. The van der Waals surface area contributed by atoms with Crippen molar-refractivity contribution in [2.45, 2.75) is 0 Å². The van der Waals surface area contributed by atoms with Gasteiger partial charge in [-0.1, -0.05) is 12.1 Å². The Labute approximate surface area is 97.6 Å². The molecule has 0 unspecified atom stereocenters. The highest BCUT2D eigenvalue weighted by Gasteiger charge is 2.12. The molecule has 0 fully saturated rings. The number of para-hydroxylation sites is 2. The van der Waals surface area contributed by atoms with Crippen LogP contribution in [0.3, 0.4) is 0 Å². The Kier molecular flexibility index (Phi) is 4.89. The molecule has 1 aromatic carbocycles. The van der Waals surface area contributed by atoms with Crippen LogP contribution >= 0.6 is 0 Å². The number of carbonyl (C=O) groups excluding carboxylic acids is 1. The van der Waals surface area contributed by atoms with E-state index in [4.69, 9.17) is 5.11 Å². The second-order valence-corrected chi connectivity index (χ2v) is 3.20. The zero-order valence-electron chi connectivity index (χ0n) is 9.05. The number of aliphatic hydroxyl groups excluding tert-OH is 1. The molecule has 0 saturated heterocycles. The third kappa shape index (κ3) is 4.07. The maximum atomic E-state index is 11.2. The molecule has 0 saturated carbocycles. The van der Waals surface area contributed by atoms with E-state index >= 15 is 0 Å². The third-order valence-electron chi connectivity index (χ3n) is 1.97. The maximum absolute atomic E-state index is 11.2. The van der Waals surface area contributed by atoms with E-state index in [9.17, 15) is 14.9 Å².